The van der Waals surface area contributed by atoms with Crippen molar-refractivity contribution < 1.29 is 23.8 Å². The Morgan fingerprint density at radius 1 is 1.56 bits per heavy atom. The van der Waals surface area contributed by atoms with Crippen LogP contribution in [0.1, 0.15) is 26.2 Å². The van der Waals surface area contributed by atoms with Crippen LogP contribution in [0, 0.1) is 5.41 Å². The molecule has 18 heavy (non-hydrogen) atoms. The largest absolute Gasteiger partial charge is 0.465 e. The van der Waals surface area contributed by atoms with Gasteiger partial charge in [-0.1, -0.05) is 6.58 Å². The third-order valence-electron chi connectivity index (χ3n) is 4.11. The first-order chi connectivity index (χ1) is 8.50. The maximum absolute atomic E-state index is 11.5. The minimum absolute atomic E-state index is 0.0307. The van der Waals surface area contributed by atoms with E-state index in [1.807, 2.05) is 0 Å². The molecule has 3 fully saturated rings. The highest BCUT2D eigenvalue weighted by molar-refractivity contribution is 5.87. The maximum Gasteiger partial charge on any atom is 0.333 e. The zero-order valence-corrected chi connectivity index (χ0v) is 10.3. The van der Waals surface area contributed by atoms with Gasteiger partial charge in [0.05, 0.1) is 18.6 Å². The van der Waals surface area contributed by atoms with E-state index in [9.17, 15) is 9.59 Å². The average Bonchev–Trinajstić information content (AvgIpc) is 2.94. The summed E-state index contributed by atoms with van der Waals surface area (Å²) < 4.78 is 16.2. The van der Waals surface area contributed by atoms with Gasteiger partial charge in [0.15, 0.2) is 0 Å². The molecule has 3 aliphatic rings. The zero-order valence-electron chi connectivity index (χ0n) is 10.3. The number of hydrogen-bond donors (Lipinski definition) is 0. The summed E-state index contributed by atoms with van der Waals surface area (Å²) in [6, 6.07) is 0. The molecule has 1 spiro atoms. The maximum atomic E-state index is 11.5. The van der Waals surface area contributed by atoms with Crippen LogP contribution in [0.2, 0.25) is 0 Å². The first kappa shape index (κ1) is 11.7. The fourth-order valence-corrected chi connectivity index (χ4v) is 3.14. The third kappa shape index (κ3) is 1.65. The SMILES string of the molecule is C=C(C)C(=O)OC1CC2OC1CC21COC(=O)C1. The van der Waals surface area contributed by atoms with Gasteiger partial charge in [-0.25, -0.2) is 4.79 Å². The highest BCUT2D eigenvalue weighted by Crippen LogP contribution is 2.53. The number of fused-ring (bicyclic) bond motifs is 3. The molecule has 0 amide bonds. The normalized spacial score (nSPS) is 41.2. The lowest BCUT2D eigenvalue weighted by Gasteiger charge is -2.30. The molecule has 5 heteroatoms. The molecule has 0 aromatic carbocycles. The molecule has 4 atom stereocenters. The predicted octanol–water partition coefficient (Wildman–Crippen LogP) is 0.969. The van der Waals surface area contributed by atoms with E-state index in [1.54, 1.807) is 6.92 Å². The van der Waals surface area contributed by atoms with E-state index in [1.165, 1.54) is 0 Å². The van der Waals surface area contributed by atoms with E-state index in [0.717, 1.165) is 6.42 Å². The van der Waals surface area contributed by atoms with Gasteiger partial charge in [0.1, 0.15) is 12.7 Å². The quantitative estimate of drug-likeness (QED) is 0.541. The van der Waals surface area contributed by atoms with Gasteiger partial charge in [-0.05, 0) is 13.3 Å². The Kier molecular flexibility index (Phi) is 2.48. The fraction of sp³-hybridized carbons (Fsp3) is 0.692. The molecule has 0 aromatic rings. The van der Waals surface area contributed by atoms with Gasteiger partial charge in [0.25, 0.3) is 0 Å². The van der Waals surface area contributed by atoms with Crippen LogP contribution in [0.15, 0.2) is 12.2 Å². The molecule has 5 nitrogen and oxygen atoms in total. The minimum Gasteiger partial charge on any atom is -0.465 e. The molecule has 4 unspecified atom stereocenters. The molecule has 98 valence electrons. The smallest absolute Gasteiger partial charge is 0.333 e. The standard InChI is InChI=1S/C13H16O5/c1-7(2)12(15)18-8-3-10-13(4-9(8)17-10)5-11(14)16-6-13/h8-10H,1,3-6H2,2H3. The summed E-state index contributed by atoms with van der Waals surface area (Å²) >= 11 is 0. The van der Waals surface area contributed by atoms with Crippen molar-refractivity contribution in [2.45, 2.75) is 44.5 Å². The minimum atomic E-state index is -0.371. The van der Waals surface area contributed by atoms with Crippen molar-refractivity contribution >= 4 is 11.9 Å². The molecular formula is C13H16O5. The summed E-state index contributed by atoms with van der Waals surface area (Å²) in [5.74, 6) is -0.523. The van der Waals surface area contributed by atoms with E-state index >= 15 is 0 Å². The molecule has 2 bridgehead atoms. The molecule has 3 aliphatic heterocycles. The predicted molar refractivity (Wildman–Crippen MR) is 60.6 cm³/mol. The molecule has 0 N–H and O–H groups in total. The Balaban J connectivity index is 1.66. The van der Waals surface area contributed by atoms with Crippen molar-refractivity contribution in [3.05, 3.63) is 12.2 Å². The number of carbonyl (C=O) groups excluding carboxylic acids is 2. The molecule has 0 saturated carbocycles. The van der Waals surface area contributed by atoms with Crippen molar-refractivity contribution in [1.82, 2.24) is 0 Å². The van der Waals surface area contributed by atoms with Gasteiger partial charge in [0.2, 0.25) is 0 Å². The molecular weight excluding hydrogens is 236 g/mol. The third-order valence-corrected chi connectivity index (χ3v) is 4.11. The lowest BCUT2D eigenvalue weighted by Crippen LogP contribution is -2.39. The Labute approximate surface area is 105 Å². The molecule has 3 heterocycles. The van der Waals surface area contributed by atoms with Gasteiger partial charge >= 0.3 is 11.9 Å². The second-order valence-electron chi connectivity index (χ2n) is 5.53. The van der Waals surface area contributed by atoms with Crippen LogP contribution in [0.3, 0.4) is 0 Å². The molecule has 0 aromatic heterocycles. The highest BCUT2D eigenvalue weighted by Gasteiger charge is 2.61. The Hall–Kier alpha value is -1.36. The van der Waals surface area contributed by atoms with E-state index in [4.69, 9.17) is 14.2 Å². The van der Waals surface area contributed by atoms with Crippen molar-refractivity contribution in [2.75, 3.05) is 6.61 Å². The van der Waals surface area contributed by atoms with Gasteiger partial charge in [-0.15, -0.1) is 0 Å². The topological polar surface area (TPSA) is 61.8 Å². The van der Waals surface area contributed by atoms with Gasteiger partial charge < -0.3 is 14.2 Å². The summed E-state index contributed by atoms with van der Waals surface area (Å²) in [5, 5.41) is 0. The second-order valence-corrected chi connectivity index (χ2v) is 5.53. The number of cyclic esters (lactones) is 1. The van der Waals surface area contributed by atoms with Crippen molar-refractivity contribution in [3.63, 3.8) is 0 Å². The van der Waals surface area contributed by atoms with Gasteiger partial charge in [0, 0.05) is 17.4 Å². The zero-order chi connectivity index (χ0) is 12.9. The summed E-state index contributed by atoms with van der Waals surface area (Å²) in [7, 11) is 0. The van der Waals surface area contributed by atoms with E-state index < -0.39 is 0 Å². The Morgan fingerprint density at radius 2 is 2.33 bits per heavy atom. The van der Waals surface area contributed by atoms with E-state index in [-0.39, 0.29) is 35.7 Å². The molecule has 0 aliphatic carbocycles. The first-order valence-corrected chi connectivity index (χ1v) is 6.18. The number of esters is 2. The first-order valence-electron chi connectivity index (χ1n) is 6.18. The summed E-state index contributed by atoms with van der Waals surface area (Å²) in [6.07, 6.45) is 1.47. The lowest BCUT2D eigenvalue weighted by atomic mass is 9.72. The number of rotatable bonds is 2. The summed E-state index contributed by atoms with van der Waals surface area (Å²) in [4.78, 5) is 22.7. The van der Waals surface area contributed by atoms with Crippen LogP contribution in [-0.4, -0.2) is 36.9 Å². The van der Waals surface area contributed by atoms with Crippen molar-refractivity contribution in [3.8, 4) is 0 Å². The monoisotopic (exact) mass is 252 g/mol. The van der Waals surface area contributed by atoms with Crippen LogP contribution < -0.4 is 0 Å². The number of hydrogen-bond acceptors (Lipinski definition) is 5. The van der Waals surface area contributed by atoms with Gasteiger partial charge in [-0.2, -0.15) is 0 Å². The van der Waals surface area contributed by atoms with E-state index in [2.05, 4.69) is 6.58 Å². The van der Waals surface area contributed by atoms with Crippen LogP contribution in [0.25, 0.3) is 0 Å². The molecule has 0 radical (unpaired) electrons. The summed E-state index contributed by atoms with van der Waals surface area (Å²) in [5.41, 5.74) is 0.223. The van der Waals surface area contributed by atoms with Crippen molar-refractivity contribution in [2.24, 2.45) is 5.41 Å². The van der Waals surface area contributed by atoms with E-state index in [0.29, 0.717) is 25.0 Å². The Morgan fingerprint density at radius 3 is 2.83 bits per heavy atom. The van der Waals surface area contributed by atoms with Crippen LogP contribution in [0.5, 0.6) is 0 Å². The van der Waals surface area contributed by atoms with Crippen LogP contribution >= 0.6 is 0 Å². The summed E-state index contributed by atoms with van der Waals surface area (Å²) in [6.45, 7) is 5.63. The fourth-order valence-electron chi connectivity index (χ4n) is 3.14. The number of carbonyl (C=O) groups is 2. The second kappa shape index (κ2) is 3.82. The van der Waals surface area contributed by atoms with Gasteiger partial charge in [-0.3, -0.25) is 4.79 Å². The van der Waals surface area contributed by atoms with Crippen LogP contribution in [0.4, 0.5) is 0 Å². The Bertz CT molecular complexity index is 429. The number of ether oxygens (including phenoxy) is 3. The lowest BCUT2D eigenvalue weighted by molar-refractivity contribution is -0.147. The molecule has 3 rings (SSSR count). The average molecular weight is 252 g/mol. The van der Waals surface area contributed by atoms with Crippen LogP contribution in [-0.2, 0) is 23.8 Å². The highest BCUT2D eigenvalue weighted by atomic mass is 16.6. The molecule has 3 saturated heterocycles. The van der Waals surface area contributed by atoms with Crippen molar-refractivity contribution in [1.29, 1.82) is 0 Å².